The number of rotatable bonds is 1. The van der Waals surface area contributed by atoms with Crippen LogP contribution in [0.3, 0.4) is 0 Å². The third-order valence-electron chi connectivity index (χ3n) is 2.49. The summed E-state index contributed by atoms with van der Waals surface area (Å²) >= 11 is 0.167. The number of fused-ring (bicyclic) bond motifs is 1. The Kier molecular flexibility index (Phi) is 2.39. The van der Waals surface area contributed by atoms with Gasteiger partial charge in [-0.25, -0.2) is 0 Å². The molecule has 2 N–H and O–H groups in total. The van der Waals surface area contributed by atoms with Crippen molar-refractivity contribution >= 4 is 24.3 Å². The van der Waals surface area contributed by atoms with E-state index >= 15 is 0 Å². The van der Waals surface area contributed by atoms with Crippen LogP contribution in [0.25, 0.3) is 19.9 Å². The summed E-state index contributed by atoms with van der Waals surface area (Å²) in [6.07, 6.45) is 0. The van der Waals surface area contributed by atoms with Crippen LogP contribution in [0.5, 0.6) is 11.5 Å². The monoisotopic (exact) mass is 291 g/mol. The third kappa shape index (κ3) is 1.93. The maximum atomic E-state index is 9.39. The number of phenolic OH excluding ortho intramolecular Hbond substituents is 2. The van der Waals surface area contributed by atoms with Gasteiger partial charge in [-0.3, -0.25) is 0 Å². The molecule has 2 aromatic carbocycles. The molecule has 1 aromatic heterocycles. The van der Waals surface area contributed by atoms with E-state index in [1.165, 1.54) is 4.26 Å². The summed E-state index contributed by atoms with van der Waals surface area (Å²) in [5.74, 6) is 0.505. The number of aromatic nitrogens is 1. The van der Waals surface area contributed by atoms with Crippen LogP contribution in [-0.2, 0) is 0 Å². The van der Waals surface area contributed by atoms with E-state index in [9.17, 15) is 10.2 Å². The molecule has 84 valence electrons. The van der Waals surface area contributed by atoms with E-state index in [-0.39, 0.29) is 26.0 Å². The van der Waals surface area contributed by atoms with Crippen molar-refractivity contribution in [2.45, 2.75) is 0 Å². The molecule has 3 nitrogen and oxygen atoms in total. The fourth-order valence-electron chi connectivity index (χ4n) is 1.64. The molecule has 0 saturated heterocycles. The second-order valence-corrected chi connectivity index (χ2v) is 5.88. The van der Waals surface area contributed by atoms with Crippen molar-refractivity contribution < 1.29 is 10.2 Å². The molecule has 17 heavy (non-hydrogen) atoms. The zero-order chi connectivity index (χ0) is 11.8. The molecule has 0 aliphatic carbocycles. The Morgan fingerprint density at radius 3 is 2.35 bits per heavy atom. The average Bonchev–Trinajstić information content (AvgIpc) is 2.72. The second-order valence-electron chi connectivity index (χ2n) is 3.72. The molecule has 0 saturated carbocycles. The number of benzene rings is 2. The first kappa shape index (κ1) is 10.4. The molecule has 0 fully saturated rings. The van der Waals surface area contributed by atoms with E-state index in [1.807, 2.05) is 18.2 Å². The second kappa shape index (κ2) is 3.91. The molecule has 0 amide bonds. The number of nitrogens with zero attached hydrogens (tertiary/aromatic N) is 1. The first-order valence-corrected chi connectivity index (χ1v) is 6.83. The van der Waals surface area contributed by atoms with Crippen LogP contribution in [0.15, 0.2) is 42.5 Å². The zero-order valence-electron chi connectivity index (χ0n) is 8.79. The van der Waals surface area contributed by atoms with Crippen molar-refractivity contribution in [1.82, 2.24) is 4.98 Å². The van der Waals surface area contributed by atoms with Crippen LogP contribution >= 0.6 is 0 Å². The van der Waals surface area contributed by atoms with Gasteiger partial charge in [0.25, 0.3) is 0 Å². The fraction of sp³-hybridized carbons (Fsp3) is 0. The molecule has 3 aromatic rings. The predicted molar refractivity (Wildman–Crippen MR) is 67.4 cm³/mol. The molecular formula is C13H9NO2Se. The SMILES string of the molecule is Oc1ccc(-c2nc3cc(O)ccc3[se]2)cc1. The molecule has 0 unspecified atom stereocenters. The molecular weight excluding hydrogens is 281 g/mol. The molecule has 0 aliphatic heterocycles. The first-order valence-electron chi connectivity index (χ1n) is 5.11. The van der Waals surface area contributed by atoms with Gasteiger partial charge in [-0.2, -0.15) is 0 Å². The van der Waals surface area contributed by atoms with E-state index in [0.29, 0.717) is 0 Å². The van der Waals surface area contributed by atoms with Gasteiger partial charge in [0.1, 0.15) is 0 Å². The molecule has 0 radical (unpaired) electrons. The van der Waals surface area contributed by atoms with Crippen LogP contribution in [-0.4, -0.2) is 29.7 Å². The average molecular weight is 290 g/mol. The van der Waals surface area contributed by atoms with Crippen LogP contribution in [0, 0.1) is 0 Å². The quantitative estimate of drug-likeness (QED) is 0.677. The topological polar surface area (TPSA) is 53.4 Å². The Bertz CT molecular complexity index is 673. The predicted octanol–water partition coefficient (Wildman–Crippen LogP) is 2.37. The Morgan fingerprint density at radius 1 is 0.882 bits per heavy atom. The van der Waals surface area contributed by atoms with Crippen LogP contribution < -0.4 is 0 Å². The Hall–Kier alpha value is -1.77. The summed E-state index contributed by atoms with van der Waals surface area (Å²) in [6.45, 7) is 0. The normalized spacial score (nSPS) is 10.8. The molecule has 3 rings (SSSR count). The van der Waals surface area contributed by atoms with Gasteiger partial charge in [-0.05, 0) is 0 Å². The van der Waals surface area contributed by atoms with Crippen LogP contribution in [0.4, 0.5) is 0 Å². The number of phenols is 2. The van der Waals surface area contributed by atoms with Gasteiger partial charge in [0, 0.05) is 0 Å². The first-order chi connectivity index (χ1) is 8.22. The molecule has 0 spiro atoms. The summed E-state index contributed by atoms with van der Waals surface area (Å²) in [5.41, 5.74) is 1.88. The van der Waals surface area contributed by atoms with Crippen molar-refractivity contribution in [1.29, 1.82) is 0 Å². The Labute approximate surface area is 104 Å². The zero-order valence-corrected chi connectivity index (χ0v) is 10.5. The van der Waals surface area contributed by atoms with Gasteiger partial charge in [0.05, 0.1) is 0 Å². The third-order valence-corrected chi connectivity index (χ3v) is 4.76. The summed E-state index contributed by atoms with van der Waals surface area (Å²) in [4.78, 5) is 4.52. The van der Waals surface area contributed by atoms with Gasteiger partial charge in [0.15, 0.2) is 0 Å². The van der Waals surface area contributed by atoms with Crippen molar-refractivity contribution in [3.05, 3.63) is 42.5 Å². The molecule has 0 aliphatic rings. The van der Waals surface area contributed by atoms with E-state index in [0.717, 1.165) is 15.6 Å². The standard InChI is InChI=1S/C13H9NO2Se/c15-9-3-1-8(2-4-9)13-14-11-7-10(16)5-6-12(11)17-13/h1-7,15-16H. The van der Waals surface area contributed by atoms with E-state index < -0.39 is 0 Å². The minimum atomic E-state index is 0.167. The number of aromatic hydroxyl groups is 2. The Balaban J connectivity index is 2.14. The van der Waals surface area contributed by atoms with E-state index in [4.69, 9.17) is 0 Å². The number of hydrogen-bond donors (Lipinski definition) is 2. The van der Waals surface area contributed by atoms with Crippen molar-refractivity contribution in [3.8, 4) is 21.6 Å². The van der Waals surface area contributed by atoms with Gasteiger partial charge >= 0.3 is 104 Å². The fourth-order valence-corrected chi connectivity index (χ4v) is 3.64. The summed E-state index contributed by atoms with van der Waals surface area (Å²) in [7, 11) is 0. The Morgan fingerprint density at radius 2 is 1.59 bits per heavy atom. The molecule has 0 atom stereocenters. The van der Waals surface area contributed by atoms with Crippen LogP contribution in [0.1, 0.15) is 0 Å². The van der Waals surface area contributed by atoms with E-state index in [2.05, 4.69) is 4.98 Å². The van der Waals surface area contributed by atoms with E-state index in [1.54, 1.807) is 24.3 Å². The summed E-state index contributed by atoms with van der Waals surface area (Å²) in [5, 5.41) is 18.6. The number of hydrogen-bond acceptors (Lipinski definition) is 3. The van der Waals surface area contributed by atoms with Gasteiger partial charge in [-0.1, -0.05) is 0 Å². The van der Waals surface area contributed by atoms with Gasteiger partial charge in [0.2, 0.25) is 0 Å². The molecule has 4 heteroatoms. The van der Waals surface area contributed by atoms with Gasteiger partial charge < -0.3 is 0 Å². The van der Waals surface area contributed by atoms with Gasteiger partial charge in [-0.15, -0.1) is 0 Å². The summed E-state index contributed by atoms with van der Waals surface area (Å²) in [6, 6.07) is 12.3. The van der Waals surface area contributed by atoms with Crippen LogP contribution in [0.2, 0.25) is 0 Å². The van der Waals surface area contributed by atoms with Crippen molar-refractivity contribution in [2.24, 2.45) is 0 Å². The van der Waals surface area contributed by atoms with Crippen molar-refractivity contribution in [3.63, 3.8) is 0 Å². The minimum absolute atomic E-state index is 0.167. The van der Waals surface area contributed by atoms with Crippen molar-refractivity contribution in [2.75, 3.05) is 0 Å². The summed E-state index contributed by atoms with van der Waals surface area (Å²) < 4.78 is 2.21. The maximum absolute atomic E-state index is 9.39. The molecule has 0 bridgehead atoms. The molecule has 1 heterocycles.